The van der Waals surface area contributed by atoms with Gasteiger partial charge in [0.15, 0.2) is 0 Å². The monoisotopic (exact) mass is 409 g/mol. The third-order valence-electron chi connectivity index (χ3n) is 3.33. The maximum absolute atomic E-state index is 12.3. The van der Waals surface area contributed by atoms with Crippen LogP contribution in [0.3, 0.4) is 0 Å². The van der Waals surface area contributed by atoms with Crippen LogP contribution in [0.15, 0.2) is 18.2 Å². The number of anilines is 1. The molecule has 1 aromatic heterocycles. The number of hydrogen-bond donors (Lipinski definition) is 1. The zero-order valence-electron chi connectivity index (χ0n) is 13.9. The Kier molecular flexibility index (Phi) is 6.33. The van der Waals surface area contributed by atoms with Crippen molar-refractivity contribution in [3.8, 4) is 6.07 Å². The number of ether oxygens (including phenoxy) is 2. The highest BCUT2D eigenvalue weighted by atomic mass is 35.5. The predicted octanol–water partition coefficient (Wildman–Crippen LogP) is 3.30. The Bertz CT molecular complexity index is 966. The summed E-state index contributed by atoms with van der Waals surface area (Å²) in [5.41, 5.74) is 4.95. The van der Waals surface area contributed by atoms with Gasteiger partial charge in [-0.25, -0.2) is 9.59 Å². The number of esters is 2. The molecule has 0 saturated heterocycles. The van der Waals surface area contributed by atoms with Crippen molar-refractivity contribution >= 4 is 45.6 Å². The third-order valence-corrected chi connectivity index (χ3v) is 4.61. The van der Waals surface area contributed by atoms with Crippen molar-refractivity contribution in [2.45, 2.75) is 13.5 Å². The molecule has 0 atom stereocenters. The van der Waals surface area contributed by atoms with E-state index >= 15 is 0 Å². The van der Waals surface area contributed by atoms with Crippen LogP contribution < -0.4 is 5.73 Å². The number of nitrogens with two attached hydrogens (primary N) is 1. The van der Waals surface area contributed by atoms with Crippen molar-refractivity contribution in [2.75, 3.05) is 12.3 Å². The van der Waals surface area contributed by atoms with E-state index in [0.29, 0.717) is 0 Å². The largest absolute Gasteiger partial charge is 0.462 e. The minimum Gasteiger partial charge on any atom is -0.462 e. The molecule has 140 valence electrons. The highest BCUT2D eigenvalue weighted by molar-refractivity contribution is 7.18. The van der Waals surface area contributed by atoms with Crippen molar-refractivity contribution in [1.82, 2.24) is 0 Å². The number of carbonyl (C=O) groups is 2. The molecule has 11 heteroatoms. The lowest BCUT2D eigenvalue weighted by Crippen LogP contribution is -2.11. The third kappa shape index (κ3) is 4.33. The highest BCUT2D eigenvalue weighted by Gasteiger charge is 2.26. The number of hydrogen-bond acceptors (Lipinski definition) is 9. The van der Waals surface area contributed by atoms with E-state index in [1.54, 1.807) is 6.92 Å². The molecule has 2 N–H and O–H groups in total. The first-order valence-electron chi connectivity index (χ1n) is 7.39. The second kappa shape index (κ2) is 8.48. The SMILES string of the molecule is CCOC(=O)c1sc(N)c(C#N)c1COC(=O)c1cc(Cl)ccc1[N+](=O)[O-]. The van der Waals surface area contributed by atoms with Crippen LogP contribution in [0, 0.1) is 21.4 Å². The van der Waals surface area contributed by atoms with Crippen LogP contribution in [0.2, 0.25) is 5.02 Å². The van der Waals surface area contributed by atoms with Crippen LogP contribution in [-0.2, 0) is 16.1 Å². The molecule has 0 aliphatic heterocycles. The lowest BCUT2D eigenvalue weighted by atomic mass is 10.1. The normalized spacial score (nSPS) is 10.1. The number of halogens is 1. The lowest BCUT2D eigenvalue weighted by Gasteiger charge is -2.07. The Hall–Kier alpha value is -3.16. The molecule has 1 heterocycles. The summed E-state index contributed by atoms with van der Waals surface area (Å²) in [7, 11) is 0. The number of benzene rings is 1. The number of nitriles is 1. The van der Waals surface area contributed by atoms with Crippen molar-refractivity contribution in [1.29, 1.82) is 5.26 Å². The van der Waals surface area contributed by atoms with Crippen LogP contribution in [-0.4, -0.2) is 23.5 Å². The fraction of sp³-hybridized carbons (Fsp3) is 0.188. The molecule has 0 aliphatic carbocycles. The van der Waals surface area contributed by atoms with Crippen molar-refractivity contribution < 1.29 is 24.0 Å². The first-order chi connectivity index (χ1) is 12.8. The molecule has 27 heavy (non-hydrogen) atoms. The Morgan fingerprint density at radius 2 is 2.07 bits per heavy atom. The van der Waals surface area contributed by atoms with E-state index in [4.69, 9.17) is 26.8 Å². The molecular weight excluding hydrogens is 398 g/mol. The molecule has 0 amide bonds. The van der Waals surface area contributed by atoms with Gasteiger partial charge >= 0.3 is 11.9 Å². The second-order valence-electron chi connectivity index (χ2n) is 4.98. The molecule has 0 radical (unpaired) electrons. The number of nitrogen functional groups attached to an aromatic ring is 1. The number of carbonyl (C=O) groups excluding carboxylic acids is 2. The van der Waals surface area contributed by atoms with Gasteiger partial charge in [0.25, 0.3) is 5.69 Å². The molecule has 0 bridgehead atoms. The van der Waals surface area contributed by atoms with Gasteiger partial charge in [0, 0.05) is 16.7 Å². The molecule has 0 unspecified atom stereocenters. The predicted molar refractivity (Wildman–Crippen MR) is 96.6 cm³/mol. The molecule has 0 fully saturated rings. The van der Waals surface area contributed by atoms with Crippen LogP contribution in [0.25, 0.3) is 0 Å². The van der Waals surface area contributed by atoms with Gasteiger partial charge in [-0.1, -0.05) is 11.6 Å². The molecule has 0 saturated carbocycles. The van der Waals surface area contributed by atoms with Crippen LogP contribution >= 0.6 is 22.9 Å². The van der Waals surface area contributed by atoms with E-state index in [2.05, 4.69) is 0 Å². The van der Waals surface area contributed by atoms with Gasteiger partial charge in [-0.15, -0.1) is 11.3 Å². The summed E-state index contributed by atoms with van der Waals surface area (Å²) in [5, 5.41) is 20.5. The Morgan fingerprint density at radius 3 is 2.67 bits per heavy atom. The average Bonchev–Trinajstić information content (AvgIpc) is 2.95. The van der Waals surface area contributed by atoms with Crippen molar-refractivity contribution in [3.05, 3.63) is 54.9 Å². The summed E-state index contributed by atoms with van der Waals surface area (Å²) in [4.78, 5) is 34.7. The van der Waals surface area contributed by atoms with E-state index in [-0.39, 0.29) is 38.2 Å². The van der Waals surface area contributed by atoms with Gasteiger partial charge < -0.3 is 15.2 Å². The van der Waals surface area contributed by atoms with Gasteiger partial charge in [0.1, 0.15) is 28.1 Å². The first-order valence-corrected chi connectivity index (χ1v) is 8.59. The second-order valence-corrected chi connectivity index (χ2v) is 6.46. The minimum atomic E-state index is -1.03. The number of nitro groups is 1. The number of rotatable bonds is 6. The standard InChI is InChI=1S/C16H12ClN3O6S/c1-2-25-16(22)13-11(10(6-18)14(19)27-13)7-26-15(21)9-5-8(17)3-4-12(9)20(23)24/h3-5H,2,7,19H2,1H3. The maximum Gasteiger partial charge on any atom is 0.348 e. The van der Waals surface area contributed by atoms with Crippen LogP contribution in [0.4, 0.5) is 10.7 Å². The van der Waals surface area contributed by atoms with E-state index in [0.717, 1.165) is 23.5 Å². The number of nitrogens with zero attached hydrogens (tertiary/aromatic N) is 2. The Morgan fingerprint density at radius 1 is 1.37 bits per heavy atom. The van der Waals surface area contributed by atoms with Gasteiger partial charge in [-0.2, -0.15) is 5.26 Å². The molecule has 1 aromatic carbocycles. The molecular formula is C16H12ClN3O6S. The summed E-state index contributed by atoms with van der Waals surface area (Å²) < 4.78 is 9.97. The van der Waals surface area contributed by atoms with Crippen molar-refractivity contribution in [3.63, 3.8) is 0 Å². The number of thiophene rings is 1. The topological polar surface area (TPSA) is 146 Å². The zero-order chi connectivity index (χ0) is 20.1. The number of nitro benzene ring substituents is 1. The summed E-state index contributed by atoms with van der Waals surface area (Å²) in [6, 6.07) is 5.28. The molecule has 2 rings (SSSR count). The van der Waals surface area contributed by atoms with Crippen LogP contribution in [0.5, 0.6) is 0 Å². The minimum absolute atomic E-state index is 0.0172. The van der Waals surface area contributed by atoms with Crippen molar-refractivity contribution in [2.24, 2.45) is 0 Å². The Labute approximate surface area is 162 Å². The fourth-order valence-electron chi connectivity index (χ4n) is 2.15. The van der Waals surface area contributed by atoms with E-state index in [1.165, 1.54) is 6.07 Å². The fourth-order valence-corrected chi connectivity index (χ4v) is 3.24. The van der Waals surface area contributed by atoms with Gasteiger partial charge in [0.2, 0.25) is 0 Å². The van der Waals surface area contributed by atoms with E-state index in [1.807, 2.05) is 6.07 Å². The summed E-state index contributed by atoms with van der Waals surface area (Å²) in [6.07, 6.45) is 0. The highest BCUT2D eigenvalue weighted by Crippen LogP contribution is 2.32. The molecule has 9 nitrogen and oxygen atoms in total. The summed E-state index contributed by atoms with van der Waals surface area (Å²) >= 11 is 6.62. The summed E-state index contributed by atoms with van der Waals surface area (Å²) in [6.45, 7) is 1.22. The average molecular weight is 410 g/mol. The van der Waals surface area contributed by atoms with Gasteiger partial charge in [0.05, 0.1) is 17.1 Å². The maximum atomic E-state index is 12.3. The van der Waals surface area contributed by atoms with E-state index in [9.17, 15) is 25.0 Å². The lowest BCUT2D eigenvalue weighted by molar-refractivity contribution is -0.385. The quantitative estimate of drug-likeness (QED) is 0.434. The van der Waals surface area contributed by atoms with Gasteiger partial charge in [-0.05, 0) is 19.1 Å². The molecule has 2 aromatic rings. The van der Waals surface area contributed by atoms with Gasteiger partial charge in [-0.3, -0.25) is 10.1 Å². The molecule has 0 spiro atoms. The van der Waals surface area contributed by atoms with Crippen LogP contribution in [0.1, 0.15) is 38.1 Å². The zero-order valence-corrected chi connectivity index (χ0v) is 15.4. The molecule has 0 aliphatic rings. The Balaban J connectivity index is 2.33. The summed E-state index contributed by atoms with van der Waals surface area (Å²) in [5.74, 6) is -1.75. The smallest absolute Gasteiger partial charge is 0.348 e. The van der Waals surface area contributed by atoms with E-state index < -0.39 is 29.2 Å². The first kappa shape index (κ1) is 20.2.